The van der Waals surface area contributed by atoms with E-state index < -0.39 is 0 Å². The lowest BCUT2D eigenvalue weighted by molar-refractivity contribution is -0.0240. The molecular weight excluding hydrogens is 596 g/mol. The number of nitrogen functional groups attached to an aromatic ring is 2. The minimum absolute atomic E-state index is 0.0998. The third-order valence-electron chi connectivity index (χ3n) is 8.20. The predicted octanol–water partition coefficient (Wildman–Crippen LogP) is 6.65. The Kier molecular flexibility index (Phi) is 10.8. The topological polar surface area (TPSA) is 128 Å². The number of aromatic nitrogens is 4. The minimum Gasteiger partial charge on any atom is -0.374 e. The van der Waals surface area contributed by atoms with Gasteiger partial charge in [0.25, 0.3) is 0 Å². The van der Waals surface area contributed by atoms with Gasteiger partial charge in [0.15, 0.2) is 0 Å². The molecule has 1 saturated heterocycles. The Labute approximate surface area is 276 Å². The predicted molar refractivity (Wildman–Crippen MR) is 188 cm³/mol. The molecule has 5 aromatic rings. The number of ether oxygens (including phenoxy) is 1. The van der Waals surface area contributed by atoms with Gasteiger partial charge in [-0.05, 0) is 55.5 Å². The van der Waals surface area contributed by atoms with Crippen molar-refractivity contribution in [2.24, 2.45) is 0 Å². The molecule has 1 unspecified atom stereocenters. The lowest BCUT2D eigenvalue weighted by Gasteiger charge is -2.33. The van der Waals surface area contributed by atoms with Crippen LogP contribution < -0.4 is 16.8 Å². The van der Waals surface area contributed by atoms with Gasteiger partial charge in [-0.3, -0.25) is 4.90 Å². The summed E-state index contributed by atoms with van der Waals surface area (Å²) in [5.74, 6) is 1.19. The van der Waals surface area contributed by atoms with E-state index in [1.165, 1.54) is 27.8 Å². The van der Waals surface area contributed by atoms with Gasteiger partial charge in [-0.25, -0.2) is 15.0 Å². The van der Waals surface area contributed by atoms with Crippen molar-refractivity contribution in [3.8, 4) is 22.5 Å². The fraction of sp³-hybridized carbons (Fsp3) is 0.278. The number of rotatable bonds is 7. The lowest BCUT2D eigenvalue weighted by atomic mass is 10.0. The summed E-state index contributed by atoms with van der Waals surface area (Å²) in [6.45, 7) is 12.5. The van der Waals surface area contributed by atoms with E-state index in [0.29, 0.717) is 11.7 Å². The van der Waals surface area contributed by atoms with Crippen LogP contribution in [0.15, 0.2) is 78.9 Å². The SMILES string of the molecule is Cc1cccc(-c2cc(Cl)nc(N)n2)c1C.Cc1cccc(-c2cc(NCC3CN(Cc4ccccc4)CCO3)nc(N)n2)c1C. The van der Waals surface area contributed by atoms with Crippen molar-refractivity contribution >= 4 is 29.3 Å². The largest absolute Gasteiger partial charge is 0.374 e. The summed E-state index contributed by atoms with van der Waals surface area (Å²) < 4.78 is 5.97. The van der Waals surface area contributed by atoms with Gasteiger partial charge in [-0.15, -0.1) is 0 Å². The quantitative estimate of drug-likeness (QED) is 0.168. The molecule has 3 aromatic carbocycles. The van der Waals surface area contributed by atoms with Crippen molar-refractivity contribution in [3.05, 3.63) is 112 Å². The van der Waals surface area contributed by atoms with Crippen LogP contribution in [0.2, 0.25) is 5.15 Å². The Hall–Kier alpha value is -4.57. The summed E-state index contributed by atoms with van der Waals surface area (Å²) in [5, 5.41) is 3.77. The van der Waals surface area contributed by atoms with Crippen LogP contribution in [-0.4, -0.2) is 57.2 Å². The molecule has 9 nitrogen and oxygen atoms in total. The third-order valence-corrected chi connectivity index (χ3v) is 8.39. The van der Waals surface area contributed by atoms with E-state index in [4.69, 9.17) is 27.8 Å². The zero-order valence-corrected chi connectivity index (χ0v) is 27.6. The highest BCUT2D eigenvalue weighted by atomic mass is 35.5. The number of halogens is 1. The van der Waals surface area contributed by atoms with Gasteiger partial charge in [-0.2, -0.15) is 4.98 Å². The van der Waals surface area contributed by atoms with Gasteiger partial charge in [0.1, 0.15) is 11.0 Å². The fourth-order valence-corrected chi connectivity index (χ4v) is 5.62. The van der Waals surface area contributed by atoms with Crippen molar-refractivity contribution in [2.75, 3.05) is 43.0 Å². The number of benzene rings is 3. The summed E-state index contributed by atoms with van der Waals surface area (Å²) in [4.78, 5) is 19.3. The van der Waals surface area contributed by atoms with E-state index in [1.54, 1.807) is 6.07 Å². The monoisotopic (exact) mass is 636 g/mol. The van der Waals surface area contributed by atoms with E-state index in [0.717, 1.165) is 54.6 Å². The zero-order chi connectivity index (χ0) is 32.6. The van der Waals surface area contributed by atoms with Gasteiger partial charge >= 0.3 is 0 Å². The van der Waals surface area contributed by atoms with E-state index in [1.807, 2.05) is 24.3 Å². The van der Waals surface area contributed by atoms with Crippen molar-refractivity contribution in [3.63, 3.8) is 0 Å². The van der Waals surface area contributed by atoms with Crippen LogP contribution in [0.3, 0.4) is 0 Å². The third kappa shape index (κ3) is 8.57. The first-order chi connectivity index (χ1) is 22.2. The van der Waals surface area contributed by atoms with Crippen molar-refractivity contribution in [1.29, 1.82) is 0 Å². The number of nitrogens with zero attached hydrogens (tertiary/aromatic N) is 5. The molecule has 0 saturated carbocycles. The molecule has 0 spiro atoms. The molecule has 1 fully saturated rings. The van der Waals surface area contributed by atoms with Crippen LogP contribution in [0.25, 0.3) is 22.5 Å². The van der Waals surface area contributed by atoms with Crippen LogP contribution in [0.4, 0.5) is 17.7 Å². The van der Waals surface area contributed by atoms with Gasteiger partial charge in [0, 0.05) is 49.4 Å². The highest BCUT2D eigenvalue weighted by Crippen LogP contribution is 2.27. The minimum atomic E-state index is 0.0998. The van der Waals surface area contributed by atoms with Crippen molar-refractivity contribution in [2.45, 2.75) is 40.3 Å². The van der Waals surface area contributed by atoms with E-state index in [-0.39, 0.29) is 18.0 Å². The maximum Gasteiger partial charge on any atom is 0.222 e. The standard InChI is InChI=1S/C24H29N5O.C12H12ClN3/c1-17-7-6-10-21(18(17)2)22-13-23(28-24(25)27-22)26-14-20-16-29(11-12-30-20)15-19-8-4-3-5-9-19;1-7-4-3-5-9(8(7)2)10-6-11(13)16-12(14)15-10/h3-10,13,20H,11-12,14-16H2,1-2H3,(H3,25,26,27,28);3-6H,1-2H3,(H2,14,15,16). The first kappa shape index (κ1) is 32.8. The fourth-order valence-electron chi connectivity index (χ4n) is 5.43. The smallest absolute Gasteiger partial charge is 0.222 e. The summed E-state index contributed by atoms with van der Waals surface area (Å²) in [6.07, 6.45) is 0.0998. The molecule has 3 heterocycles. The number of anilines is 3. The van der Waals surface area contributed by atoms with E-state index in [2.05, 4.69) is 106 Å². The second kappa shape index (κ2) is 15.1. The number of hydrogen-bond donors (Lipinski definition) is 3. The Morgan fingerprint density at radius 1 is 0.783 bits per heavy atom. The zero-order valence-electron chi connectivity index (χ0n) is 26.8. The maximum absolute atomic E-state index is 6.00. The lowest BCUT2D eigenvalue weighted by Crippen LogP contribution is -2.44. The summed E-state index contributed by atoms with van der Waals surface area (Å²) in [5.41, 5.74) is 21.4. The Bertz CT molecular complexity index is 1760. The van der Waals surface area contributed by atoms with Gasteiger partial charge in [0.2, 0.25) is 11.9 Å². The molecule has 46 heavy (non-hydrogen) atoms. The first-order valence-corrected chi connectivity index (χ1v) is 15.7. The molecular formula is C36H41ClN8O. The molecule has 0 bridgehead atoms. The van der Waals surface area contributed by atoms with Crippen molar-refractivity contribution in [1.82, 2.24) is 24.8 Å². The Balaban J connectivity index is 0.000000219. The van der Waals surface area contributed by atoms with Gasteiger partial charge < -0.3 is 21.5 Å². The summed E-state index contributed by atoms with van der Waals surface area (Å²) in [7, 11) is 0. The van der Waals surface area contributed by atoms with Crippen LogP contribution >= 0.6 is 11.6 Å². The van der Waals surface area contributed by atoms with Gasteiger partial charge in [-0.1, -0.05) is 78.3 Å². The summed E-state index contributed by atoms with van der Waals surface area (Å²) in [6, 6.07) is 26.5. The van der Waals surface area contributed by atoms with Crippen LogP contribution in [0.5, 0.6) is 0 Å². The molecule has 0 amide bonds. The normalized spacial score (nSPS) is 14.8. The molecule has 1 atom stereocenters. The average molecular weight is 637 g/mol. The molecule has 238 valence electrons. The van der Waals surface area contributed by atoms with E-state index in [9.17, 15) is 0 Å². The molecule has 10 heteroatoms. The highest BCUT2D eigenvalue weighted by molar-refractivity contribution is 6.29. The number of nitrogens with one attached hydrogen (secondary N) is 1. The Morgan fingerprint density at radius 2 is 1.39 bits per heavy atom. The van der Waals surface area contributed by atoms with Crippen LogP contribution in [0.1, 0.15) is 27.8 Å². The number of morpholine rings is 1. The molecule has 2 aromatic heterocycles. The second-order valence-electron chi connectivity index (χ2n) is 11.5. The van der Waals surface area contributed by atoms with Crippen LogP contribution in [0, 0.1) is 27.7 Å². The number of aryl methyl sites for hydroxylation is 2. The molecule has 1 aliphatic rings. The molecule has 1 aliphatic heterocycles. The molecule has 5 N–H and O–H groups in total. The van der Waals surface area contributed by atoms with Gasteiger partial charge in [0.05, 0.1) is 24.1 Å². The molecule has 0 radical (unpaired) electrons. The maximum atomic E-state index is 6.00. The van der Waals surface area contributed by atoms with E-state index >= 15 is 0 Å². The first-order valence-electron chi connectivity index (χ1n) is 15.4. The highest BCUT2D eigenvalue weighted by Gasteiger charge is 2.21. The number of hydrogen-bond acceptors (Lipinski definition) is 9. The summed E-state index contributed by atoms with van der Waals surface area (Å²) >= 11 is 5.86. The second-order valence-corrected chi connectivity index (χ2v) is 11.9. The number of nitrogens with two attached hydrogens (primary N) is 2. The molecule has 0 aliphatic carbocycles. The Morgan fingerprint density at radius 3 is 2.02 bits per heavy atom. The average Bonchev–Trinajstić information content (AvgIpc) is 3.03. The van der Waals surface area contributed by atoms with Crippen LogP contribution in [-0.2, 0) is 11.3 Å². The van der Waals surface area contributed by atoms with Crippen molar-refractivity contribution < 1.29 is 4.74 Å². The molecule has 6 rings (SSSR count).